The van der Waals surface area contributed by atoms with Crippen LogP contribution in [0, 0.1) is 23.0 Å². The van der Waals surface area contributed by atoms with E-state index in [0.717, 1.165) is 6.07 Å². The fourth-order valence-electron chi connectivity index (χ4n) is 6.51. The van der Waals surface area contributed by atoms with E-state index in [1.165, 1.54) is 24.5 Å². The first kappa shape index (κ1) is 31.6. The highest BCUT2D eigenvalue weighted by Gasteiger charge is 2.51. The Labute approximate surface area is 258 Å². The van der Waals surface area contributed by atoms with Gasteiger partial charge in [-0.1, -0.05) is 17.7 Å². The number of rotatable bonds is 7. The summed E-state index contributed by atoms with van der Waals surface area (Å²) in [4.78, 5) is 34.1. The quantitative estimate of drug-likeness (QED) is 0.164. The van der Waals surface area contributed by atoms with Crippen LogP contribution in [-0.2, 0) is 25.6 Å². The van der Waals surface area contributed by atoms with Gasteiger partial charge < -0.3 is 15.2 Å². The van der Waals surface area contributed by atoms with Crippen molar-refractivity contribution >= 4 is 52.0 Å². The summed E-state index contributed by atoms with van der Waals surface area (Å²) in [6, 6.07) is 0.888. The number of nitrogens with one attached hydrogen (secondary N) is 1. The topological polar surface area (TPSA) is 138 Å². The number of esters is 1. The molecule has 1 saturated heterocycles. The van der Waals surface area contributed by atoms with Gasteiger partial charge in [0.1, 0.15) is 12.1 Å². The number of carboxylic acids is 1. The number of thiazole rings is 1. The second kappa shape index (κ2) is 12.3. The lowest BCUT2D eigenvalue weighted by molar-refractivity contribution is -0.841. The molecule has 3 aliphatic rings. The highest BCUT2D eigenvalue weighted by Crippen LogP contribution is 2.45. The predicted octanol–water partition coefficient (Wildman–Crippen LogP) is 4.99. The van der Waals surface area contributed by atoms with Crippen LogP contribution in [0.25, 0.3) is 0 Å². The van der Waals surface area contributed by atoms with E-state index in [4.69, 9.17) is 16.3 Å². The minimum atomic E-state index is -2.22. The van der Waals surface area contributed by atoms with Gasteiger partial charge in [-0.05, 0) is 25.8 Å². The van der Waals surface area contributed by atoms with Crippen molar-refractivity contribution in [2.75, 3.05) is 20.2 Å². The van der Waals surface area contributed by atoms with Crippen molar-refractivity contribution in [1.82, 2.24) is 10.3 Å². The van der Waals surface area contributed by atoms with E-state index in [1.54, 1.807) is 18.5 Å². The van der Waals surface area contributed by atoms with Crippen molar-refractivity contribution in [2.24, 2.45) is 16.3 Å². The number of carboxylic acid groups (broad SMARTS) is 1. The number of aromatic nitrogens is 1. The number of hydrogen-bond donors (Lipinski definition) is 3. The van der Waals surface area contributed by atoms with Gasteiger partial charge in [-0.3, -0.25) is 14.3 Å². The maximum absolute atomic E-state index is 14.6. The van der Waals surface area contributed by atoms with Gasteiger partial charge in [-0.15, -0.1) is 11.3 Å². The molecule has 2 fully saturated rings. The van der Waals surface area contributed by atoms with Crippen LogP contribution in [0.15, 0.2) is 40.0 Å². The zero-order chi connectivity index (χ0) is 31.1. The van der Waals surface area contributed by atoms with Crippen molar-refractivity contribution in [3.63, 3.8) is 0 Å². The fraction of sp³-hybridized carbons (Fsp3) is 0.500. The van der Waals surface area contributed by atoms with Gasteiger partial charge in [-0.25, -0.2) is 22.4 Å². The average molecular weight is 658 g/mol. The van der Waals surface area contributed by atoms with E-state index in [0.29, 0.717) is 68.2 Å². The summed E-state index contributed by atoms with van der Waals surface area (Å²) in [5.74, 6) is -3.98. The van der Waals surface area contributed by atoms with Crippen molar-refractivity contribution in [1.29, 1.82) is 0 Å². The van der Waals surface area contributed by atoms with Crippen LogP contribution in [0.3, 0.4) is 0 Å². The van der Waals surface area contributed by atoms with Crippen LogP contribution in [0.4, 0.5) is 8.78 Å². The van der Waals surface area contributed by atoms with E-state index in [9.17, 15) is 32.2 Å². The Kier molecular flexibility index (Phi) is 9.06. The molecule has 0 amide bonds. The second-order valence-corrected chi connectivity index (χ2v) is 13.9. The number of carbonyl (C=O) groups is 2. The molecule has 0 spiro atoms. The molecule has 3 heterocycles. The molecule has 0 radical (unpaired) electrons. The minimum Gasteiger partial charge on any atom is -0.481 e. The Balaban J connectivity index is 1.51. The summed E-state index contributed by atoms with van der Waals surface area (Å²) in [6.45, 7) is 2.33. The molecule has 232 valence electrons. The number of likely N-dealkylation sites (tertiary alicyclic amines) is 1. The number of aliphatic imine (C=N–C) groups is 1. The lowest BCUT2D eigenvalue weighted by Gasteiger charge is -2.48. The number of quaternary nitrogens is 1. The molecule has 1 aliphatic carbocycles. The SMILES string of the molecule is COC(=O)C1=C(C2CC[N+](C3CCC(C)(C(=O)O)CC3)(S(=O)O)CC2)NC(c2nccs2)=N[C@@H]1c1ccc(F)c(F)c1Cl. The highest BCUT2D eigenvalue weighted by molar-refractivity contribution is 7.73. The van der Waals surface area contributed by atoms with E-state index >= 15 is 0 Å². The van der Waals surface area contributed by atoms with Crippen molar-refractivity contribution in [2.45, 2.75) is 57.5 Å². The summed E-state index contributed by atoms with van der Waals surface area (Å²) in [5, 5.41) is 14.7. The van der Waals surface area contributed by atoms with E-state index in [1.807, 2.05) is 0 Å². The average Bonchev–Trinajstić information content (AvgIpc) is 3.55. The molecule has 1 saturated carbocycles. The number of benzene rings is 1. The number of amidine groups is 1. The predicted molar refractivity (Wildman–Crippen MR) is 156 cm³/mol. The molecule has 1 unspecified atom stereocenters. The number of halogens is 3. The van der Waals surface area contributed by atoms with Crippen LogP contribution in [-0.4, -0.2) is 66.8 Å². The normalized spacial score (nSPS) is 30.3. The van der Waals surface area contributed by atoms with Gasteiger partial charge in [0.15, 0.2) is 22.5 Å². The third-order valence-electron chi connectivity index (χ3n) is 9.15. The molecule has 43 heavy (non-hydrogen) atoms. The Hall–Kier alpha value is -2.78. The van der Waals surface area contributed by atoms with E-state index < -0.39 is 51.3 Å². The van der Waals surface area contributed by atoms with Crippen molar-refractivity contribution < 1.29 is 40.9 Å². The maximum atomic E-state index is 14.6. The van der Waals surface area contributed by atoms with Gasteiger partial charge in [0, 0.05) is 54.4 Å². The molecular weight excluding hydrogens is 626 g/mol. The van der Waals surface area contributed by atoms with Gasteiger partial charge in [-0.2, -0.15) is 4.21 Å². The number of hydrogen-bond acceptors (Lipinski definition) is 8. The van der Waals surface area contributed by atoms with E-state index in [2.05, 4.69) is 15.3 Å². The number of ether oxygens (including phenoxy) is 1. The summed E-state index contributed by atoms with van der Waals surface area (Å²) in [5.41, 5.74) is -0.235. The summed E-state index contributed by atoms with van der Waals surface area (Å²) in [6.07, 6.45) is 4.24. The molecule has 1 aromatic heterocycles. The molecule has 2 aromatic rings. The largest absolute Gasteiger partial charge is 0.481 e. The van der Waals surface area contributed by atoms with Crippen LogP contribution >= 0.6 is 22.9 Å². The number of piperidine rings is 1. The molecule has 10 nitrogen and oxygen atoms in total. The smallest absolute Gasteiger partial charge is 0.358 e. The number of aliphatic carboxylic acids is 1. The molecule has 0 bridgehead atoms. The monoisotopic (exact) mass is 657 g/mol. The van der Waals surface area contributed by atoms with Gasteiger partial charge in [0.25, 0.3) is 0 Å². The zero-order valence-corrected chi connectivity index (χ0v) is 25.9. The van der Waals surface area contributed by atoms with Gasteiger partial charge >= 0.3 is 23.2 Å². The molecule has 2 atom stereocenters. The Morgan fingerprint density at radius 3 is 2.44 bits per heavy atom. The summed E-state index contributed by atoms with van der Waals surface area (Å²) >= 11 is 5.33. The summed E-state index contributed by atoms with van der Waals surface area (Å²) < 4.78 is 57.1. The molecular formula is C28H32ClF2N4O6S2+. The first-order valence-electron chi connectivity index (χ1n) is 13.8. The standard InChI is InChI=1S/C28H31ClF2N4O6S2/c1-28(27(37)38)9-5-16(6-10-28)35(43(39)40)12-7-15(8-13-35)22-19(26(36)41-2)23(17-3-4-18(30)21(31)20(17)29)34-24(33-22)25-32-11-14-42-25/h3-4,11,14-16,23H,5-10,12-13H2,1-2H3,(H2-,33,34,36,37,38,39,40)/p+1/t15?,16?,23-,28?,35?/m1/s1. The Morgan fingerprint density at radius 2 is 1.88 bits per heavy atom. The van der Waals surface area contributed by atoms with Crippen molar-refractivity contribution in [3.8, 4) is 0 Å². The zero-order valence-electron chi connectivity index (χ0n) is 23.5. The second-order valence-electron chi connectivity index (χ2n) is 11.4. The molecule has 15 heteroatoms. The Morgan fingerprint density at radius 1 is 1.21 bits per heavy atom. The first-order chi connectivity index (χ1) is 20.4. The third-order valence-corrected chi connectivity index (χ3v) is 11.6. The van der Waals surface area contributed by atoms with Crippen LogP contribution in [0.1, 0.15) is 62.1 Å². The van der Waals surface area contributed by atoms with Crippen LogP contribution < -0.4 is 5.32 Å². The van der Waals surface area contributed by atoms with E-state index in [-0.39, 0.29) is 27.0 Å². The molecule has 2 aliphatic heterocycles. The third kappa shape index (κ3) is 5.75. The fourth-order valence-corrected chi connectivity index (χ4v) is 8.35. The molecule has 3 N–H and O–H groups in total. The van der Waals surface area contributed by atoms with Gasteiger partial charge in [0.05, 0.1) is 36.2 Å². The highest BCUT2D eigenvalue weighted by atomic mass is 35.5. The van der Waals surface area contributed by atoms with Crippen molar-refractivity contribution in [3.05, 3.63) is 62.2 Å². The van der Waals surface area contributed by atoms with Crippen LogP contribution in [0.5, 0.6) is 0 Å². The number of methoxy groups -OCH3 is 1. The molecule has 5 rings (SSSR count). The number of allylic oxidation sites excluding steroid dienone is 1. The lowest BCUT2D eigenvalue weighted by Crippen LogP contribution is -2.61. The maximum Gasteiger partial charge on any atom is 0.358 e. The number of carbonyl (C=O) groups excluding carboxylic acids is 1. The Bertz CT molecular complexity index is 1500. The summed E-state index contributed by atoms with van der Waals surface area (Å²) in [7, 11) is 1.21. The lowest BCUT2D eigenvalue weighted by atomic mass is 9.73. The number of nitrogens with zero attached hydrogens (tertiary/aromatic N) is 3. The van der Waals surface area contributed by atoms with Gasteiger partial charge in [0.2, 0.25) is 0 Å². The minimum absolute atomic E-state index is 0.0705. The first-order valence-corrected chi connectivity index (χ1v) is 16.2. The van der Waals surface area contributed by atoms with Crippen LogP contribution in [0.2, 0.25) is 5.02 Å². The molecule has 1 aromatic carbocycles.